The Hall–Kier alpha value is -1.29. The van der Waals surface area contributed by atoms with Crippen LogP contribution in [0.2, 0.25) is 0 Å². The molecule has 0 amide bonds. The van der Waals surface area contributed by atoms with Gasteiger partial charge in [0.1, 0.15) is 17.1 Å². The third kappa shape index (κ3) is 2.09. The predicted molar refractivity (Wildman–Crippen MR) is 45.6 cm³/mol. The number of aryl methyl sites for hydroxylation is 1. The highest BCUT2D eigenvalue weighted by atomic mass is 16.5. The molecule has 0 unspecified atom stereocenters. The highest BCUT2D eigenvalue weighted by Crippen LogP contribution is 2.15. The number of ether oxygens (including phenoxy) is 1. The molecule has 0 atom stereocenters. The number of aliphatic hydroxyl groups is 1. The Morgan fingerprint density at radius 1 is 1.69 bits per heavy atom. The third-order valence-corrected chi connectivity index (χ3v) is 1.73. The van der Waals surface area contributed by atoms with Crippen LogP contribution in [0.5, 0.6) is 0 Å². The van der Waals surface area contributed by atoms with E-state index >= 15 is 0 Å². The number of hydrogen-bond acceptors (Lipinski definition) is 4. The van der Waals surface area contributed by atoms with Crippen molar-refractivity contribution in [3.8, 4) is 0 Å². The second-order valence-electron chi connectivity index (χ2n) is 2.65. The summed E-state index contributed by atoms with van der Waals surface area (Å²) >= 11 is 0. The van der Waals surface area contributed by atoms with Crippen molar-refractivity contribution < 1.29 is 19.1 Å². The van der Waals surface area contributed by atoms with Gasteiger partial charge in [0.05, 0.1) is 13.7 Å². The first kappa shape index (κ1) is 9.80. The van der Waals surface area contributed by atoms with Crippen molar-refractivity contribution in [3.05, 3.63) is 23.2 Å². The molecule has 0 aliphatic heterocycles. The van der Waals surface area contributed by atoms with Crippen molar-refractivity contribution >= 4 is 5.97 Å². The lowest BCUT2D eigenvalue weighted by atomic mass is 10.2. The van der Waals surface area contributed by atoms with E-state index in [0.717, 1.165) is 0 Å². The molecule has 1 aromatic heterocycles. The number of hydrogen-bond donors (Lipinski definition) is 1. The standard InChI is InChI=1S/C9H12O4/c1-6-8(9(11)12-2)5-7(13-6)3-4-10/h5,10H,3-4H2,1-2H3. The van der Waals surface area contributed by atoms with Gasteiger partial charge < -0.3 is 14.3 Å². The average Bonchev–Trinajstić information content (AvgIpc) is 2.46. The summed E-state index contributed by atoms with van der Waals surface area (Å²) in [6, 6.07) is 1.59. The summed E-state index contributed by atoms with van der Waals surface area (Å²) < 4.78 is 9.76. The lowest BCUT2D eigenvalue weighted by Gasteiger charge is -1.93. The van der Waals surface area contributed by atoms with Gasteiger partial charge >= 0.3 is 5.97 Å². The second kappa shape index (κ2) is 4.09. The van der Waals surface area contributed by atoms with Crippen LogP contribution in [0, 0.1) is 6.92 Å². The number of esters is 1. The van der Waals surface area contributed by atoms with Crippen molar-refractivity contribution in [2.75, 3.05) is 13.7 Å². The Kier molecular flexibility index (Phi) is 3.08. The fraction of sp³-hybridized carbons (Fsp3) is 0.444. The van der Waals surface area contributed by atoms with Gasteiger partial charge in [0.2, 0.25) is 0 Å². The first-order valence-electron chi connectivity index (χ1n) is 3.97. The molecule has 1 heterocycles. The van der Waals surface area contributed by atoms with Gasteiger partial charge in [0, 0.05) is 6.42 Å². The Bertz CT molecular complexity index is 301. The first-order chi connectivity index (χ1) is 6.19. The summed E-state index contributed by atoms with van der Waals surface area (Å²) in [5, 5.41) is 8.64. The second-order valence-corrected chi connectivity index (χ2v) is 2.65. The maximum absolute atomic E-state index is 11.1. The van der Waals surface area contributed by atoms with Crippen LogP contribution in [0.3, 0.4) is 0 Å². The Morgan fingerprint density at radius 3 is 2.92 bits per heavy atom. The molecular weight excluding hydrogens is 172 g/mol. The fourth-order valence-corrected chi connectivity index (χ4v) is 1.09. The molecule has 72 valence electrons. The van der Waals surface area contributed by atoms with Crippen molar-refractivity contribution in [1.82, 2.24) is 0 Å². The molecule has 4 nitrogen and oxygen atoms in total. The van der Waals surface area contributed by atoms with Gasteiger partial charge in [-0.25, -0.2) is 4.79 Å². The molecule has 0 aliphatic rings. The normalized spacial score (nSPS) is 10.1. The molecule has 1 rings (SSSR count). The summed E-state index contributed by atoms with van der Waals surface area (Å²) in [7, 11) is 1.32. The van der Waals surface area contributed by atoms with E-state index in [1.807, 2.05) is 0 Å². The summed E-state index contributed by atoms with van der Waals surface area (Å²) in [4.78, 5) is 11.1. The Labute approximate surface area is 76.1 Å². The first-order valence-corrected chi connectivity index (χ1v) is 3.97. The van der Waals surface area contributed by atoms with Crippen molar-refractivity contribution in [2.24, 2.45) is 0 Å². The highest BCUT2D eigenvalue weighted by Gasteiger charge is 2.14. The molecule has 0 saturated heterocycles. The van der Waals surface area contributed by atoms with Crippen molar-refractivity contribution in [2.45, 2.75) is 13.3 Å². The van der Waals surface area contributed by atoms with Crippen LogP contribution >= 0.6 is 0 Å². The zero-order chi connectivity index (χ0) is 9.84. The number of rotatable bonds is 3. The molecule has 1 N–H and O–H groups in total. The molecular formula is C9H12O4. The lowest BCUT2D eigenvalue weighted by molar-refractivity contribution is 0.0599. The number of aliphatic hydroxyl groups excluding tert-OH is 1. The molecule has 0 spiro atoms. The van der Waals surface area contributed by atoms with E-state index in [1.54, 1.807) is 13.0 Å². The molecule has 0 saturated carbocycles. The zero-order valence-electron chi connectivity index (χ0n) is 7.66. The topological polar surface area (TPSA) is 59.7 Å². The highest BCUT2D eigenvalue weighted by molar-refractivity contribution is 5.90. The quantitative estimate of drug-likeness (QED) is 0.709. The van der Waals surface area contributed by atoms with Gasteiger partial charge in [-0.2, -0.15) is 0 Å². The molecule has 0 aliphatic carbocycles. The molecule has 1 aromatic rings. The minimum atomic E-state index is -0.412. The summed E-state index contributed by atoms with van der Waals surface area (Å²) in [6.45, 7) is 1.70. The number of furan rings is 1. The van der Waals surface area contributed by atoms with Gasteiger partial charge in [-0.15, -0.1) is 0 Å². The number of methoxy groups -OCH3 is 1. The van der Waals surface area contributed by atoms with Gasteiger partial charge in [-0.05, 0) is 13.0 Å². The zero-order valence-corrected chi connectivity index (χ0v) is 7.66. The number of carbonyl (C=O) groups excluding carboxylic acids is 1. The van der Waals surface area contributed by atoms with Crippen molar-refractivity contribution in [1.29, 1.82) is 0 Å². The molecule has 0 aromatic carbocycles. The van der Waals surface area contributed by atoms with Gasteiger partial charge in [0.25, 0.3) is 0 Å². The van der Waals surface area contributed by atoms with Crippen LogP contribution in [0.1, 0.15) is 21.9 Å². The summed E-state index contributed by atoms with van der Waals surface area (Å²) in [6.07, 6.45) is 0.415. The average molecular weight is 184 g/mol. The largest absolute Gasteiger partial charge is 0.465 e. The smallest absolute Gasteiger partial charge is 0.341 e. The van der Waals surface area contributed by atoms with Crippen LogP contribution in [-0.2, 0) is 11.2 Å². The van der Waals surface area contributed by atoms with Crippen molar-refractivity contribution in [3.63, 3.8) is 0 Å². The van der Waals surface area contributed by atoms with E-state index in [-0.39, 0.29) is 6.61 Å². The SMILES string of the molecule is COC(=O)c1cc(CCO)oc1C. The van der Waals surface area contributed by atoms with E-state index in [0.29, 0.717) is 23.5 Å². The van der Waals surface area contributed by atoms with Gasteiger partial charge in [-0.3, -0.25) is 0 Å². The molecule has 0 bridgehead atoms. The maximum Gasteiger partial charge on any atom is 0.341 e. The van der Waals surface area contributed by atoms with Crippen LogP contribution in [0.4, 0.5) is 0 Å². The monoisotopic (exact) mass is 184 g/mol. The van der Waals surface area contributed by atoms with Crippen LogP contribution < -0.4 is 0 Å². The van der Waals surface area contributed by atoms with E-state index < -0.39 is 5.97 Å². The summed E-state index contributed by atoms with van der Waals surface area (Å²) in [5.41, 5.74) is 0.422. The molecule has 0 radical (unpaired) electrons. The maximum atomic E-state index is 11.1. The van der Waals surface area contributed by atoms with E-state index in [9.17, 15) is 4.79 Å². The molecule has 4 heteroatoms. The Morgan fingerprint density at radius 2 is 2.38 bits per heavy atom. The van der Waals surface area contributed by atoms with Gasteiger partial charge in [-0.1, -0.05) is 0 Å². The predicted octanol–water partition coefficient (Wildman–Crippen LogP) is 0.909. The van der Waals surface area contributed by atoms with Crippen LogP contribution in [0.15, 0.2) is 10.5 Å². The van der Waals surface area contributed by atoms with Crippen LogP contribution in [-0.4, -0.2) is 24.8 Å². The molecule has 13 heavy (non-hydrogen) atoms. The Balaban J connectivity index is 2.89. The van der Waals surface area contributed by atoms with E-state index in [2.05, 4.69) is 4.74 Å². The van der Waals surface area contributed by atoms with Gasteiger partial charge in [0.15, 0.2) is 0 Å². The minimum Gasteiger partial charge on any atom is -0.465 e. The van der Waals surface area contributed by atoms with E-state index in [1.165, 1.54) is 7.11 Å². The molecule has 0 fully saturated rings. The lowest BCUT2D eigenvalue weighted by Crippen LogP contribution is -2.00. The number of carbonyl (C=O) groups is 1. The fourth-order valence-electron chi connectivity index (χ4n) is 1.09. The minimum absolute atomic E-state index is 0.00751. The third-order valence-electron chi connectivity index (χ3n) is 1.73. The van der Waals surface area contributed by atoms with E-state index in [4.69, 9.17) is 9.52 Å². The summed E-state index contributed by atoms with van der Waals surface area (Å²) in [5.74, 6) is 0.709. The van der Waals surface area contributed by atoms with Crippen LogP contribution in [0.25, 0.3) is 0 Å².